The minimum atomic E-state index is 0.553. The van der Waals surface area contributed by atoms with Crippen LogP contribution in [0.1, 0.15) is 6.42 Å². The Balaban J connectivity index is 1.90. The van der Waals surface area contributed by atoms with E-state index in [4.69, 9.17) is 14.2 Å². The maximum atomic E-state index is 5.48. The Kier molecular flexibility index (Phi) is 7.24. The first-order chi connectivity index (χ1) is 14.2. The Morgan fingerprint density at radius 3 is 2.45 bits per heavy atom. The number of ether oxygens (including phenoxy) is 3. The van der Waals surface area contributed by atoms with Crippen molar-refractivity contribution in [1.82, 2.24) is 9.97 Å². The van der Waals surface area contributed by atoms with Gasteiger partial charge in [-0.25, -0.2) is 4.98 Å². The summed E-state index contributed by atoms with van der Waals surface area (Å²) in [4.78, 5) is 9.27. The third-order valence-electron chi connectivity index (χ3n) is 4.28. The maximum Gasteiger partial charge on any atom is 0.225 e. The summed E-state index contributed by atoms with van der Waals surface area (Å²) in [7, 11) is 4.94. The van der Waals surface area contributed by atoms with E-state index in [9.17, 15) is 0 Å². The van der Waals surface area contributed by atoms with Gasteiger partial charge < -0.3 is 24.8 Å². The first-order valence-corrected chi connectivity index (χ1v) is 9.40. The van der Waals surface area contributed by atoms with Gasteiger partial charge in [0.1, 0.15) is 17.3 Å². The highest BCUT2D eigenvalue weighted by Crippen LogP contribution is 2.32. The summed E-state index contributed by atoms with van der Waals surface area (Å²) in [6.07, 6.45) is 0.866. The molecule has 3 aromatic rings. The van der Waals surface area contributed by atoms with Crippen molar-refractivity contribution in [3.8, 4) is 22.8 Å². The third kappa shape index (κ3) is 5.58. The highest BCUT2D eigenvalue weighted by atomic mass is 16.5. The summed E-state index contributed by atoms with van der Waals surface area (Å²) in [5, 5.41) is 6.60. The fraction of sp³-hybridized carbons (Fsp3) is 0.273. The first-order valence-electron chi connectivity index (χ1n) is 9.40. The van der Waals surface area contributed by atoms with Gasteiger partial charge in [-0.2, -0.15) is 4.98 Å². The Morgan fingerprint density at radius 2 is 1.72 bits per heavy atom. The molecule has 7 heteroatoms. The number of anilines is 3. The van der Waals surface area contributed by atoms with Gasteiger partial charge in [0.25, 0.3) is 0 Å². The van der Waals surface area contributed by atoms with E-state index in [2.05, 4.69) is 20.6 Å². The largest absolute Gasteiger partial charge is 0.497 e. The average Bonchev–Trinajstić information content (AvgIpc) is 2.77. The Labute approximate surface area is 171 Å². The number of nitrogens with zero attached hydrogens (tertiary/aromatic N) is 2. The number of hydrogen-bond donors (Lipinski definition) is 2. The molecule has 1 heterocycles. The molecule has 3 rings (SSSR count). The van der Waals surface area contributed by atoms with Crippen LogP contribution in [0.15, 0.2) is 54.6 Å². The van der Waals surface area contributed by atoms with Crippen LogP contribution in [-0.4, -0.2) is 44.4 Å². The fourth-order valence-electron chi connectivity index (χ4n) is 2.80. The summed E-state index contributed by atoms with van der Waals surface area (Å²) in [5.74, 6) is 2.60. The van der Waals surface area contributed by atoms with Crippen LogP contribution in [0.2, 0.25) is 0 Å². The minimum Gasteiger partial charge on any atom is -0.497 e. The number of hydrogen-bond acceptors (Lipinski definition) is 7. The summed E-state index contributed by atoms with van der Waals surface area (Å²) in [6.45, 7) is 1.40. The lowest BCUT2D eigenvalue weighted by Crippen LogP contribution is -2.09. The topological polar surface area (TPSA) is 77.5 Å². The molecule has 0 bridgehead atoms. The predicted octanol–water partition coefficient (Wildman–Crippen LogP) is 4.35. The summed E-state index contributed by atoms with van der Waals surface area (Å²) < 4.78 is 15.9. The zero-order chi connectivity index (χ0) is 20.5. The molecular weight excluding hydrogens is 368 g/mol. The molecule has 2 N–H and O–H groups in total. The standard InChI is InChI=1S/C22H26N4O3/c1-27-13-7-12-23-22-25-19(16-8-5-4-6-9-16)15-21(26-22)24-18-11-10-17(28-2)14-20(18)29-3/h4-6,8-11,14-15H,7,12-13H2,1-3H3,(H2,23,24,25,26). The third-order valence-corrected chi connectivity index (χ3v) is 4.28. The van der Waals surface area contributed by atoms with E-state index in [0.717, 1.165) is 35.7 Å². The molecule has 0 fully saturated rings. The van der Waals surface area contributed by atoms with Crippen molar-refractivity contribution in [2.75, 3.05) is 45.1 Å². The lowest BCUT2D eigenvalue weighted by Gasteiger charge is -2.14. The smallest absolute Gasteiger partial charge is 0.225 e. The van der Waals surface area contributed by atoms with Gasteiger partial charge in [0, 0.05) is 38.0 Å². The van der Waals surface area contributed by atoms with Crippen molar-refractivity contribution >= 4 is 17.5 Å². The van der Waals surface area contributed by atoms with Crippen LogP contribution in [0, 0.1) is 0 Å². The van der Waals surface area contributed by atoms with Crippen LogP contribution >= 0.6 is 0 Å². The van der Waals surface area contributed by atoms with E-state index in [1.54, 1.807) is 21.3 Å². The van der Waals surface area contributed by atoms with Gasteiger partial charge in [-0.1, -0.05) is 30.3 Å². The van der Waals surface area contributed by atoms with Gasteiger partial charge in [-0.05, 0) is 18.6 Å². The maximum absolute atomic E-state index is 5.48. The van der Waals surface area contributed by atoms with Crippen molar-refractivity contribution in [3.05, 3.63) is 54.6 Å². The fourth-order valence-corrected chi connectivity index (χ4v) is 2.80. The second kappa shape index (κ2) is 10.3. The lowest BCUT2D eigenvalue weighted by molar-refractivity contribution is 0.197. The molecule has 152 valence electrons. The van der Waals surface area contributed by atoms with Gasteiger partial charge in [0.2, 0.25) is 5.95 Å². The van der Waals surface area contributed by atoms with Crippen molar-refractivity contribution in [1.29, 1.82) is 0 Å². The van der Waals surface area contributed by atoms with E-state index in [0.29, 0.717) is 24.1 Å². The van der Waals surface area contributed by atoms with E-state index in [1.165, 1.54) is 0 Å². The Bertz CT molecular complexity index is 919. The molecule has 29 heavy (non-hydrogen) atoms. The number of nitrogens with one attached hydrogen (secondary N) is 2. The van der Waals surface area contributed by atoms with E-state index in [1.807, 2.05) is 54.6 Å². The van der Waals surface area contributed by atoms with Crippen molar-refractivity contribution in [2.24, 2.45) is 0 Å². The van der Waals surface area contributed by atoms with Crippen LogP contribution in [0.25, 0.3) is 11.3 Å². The molecule has 0 aliphatic heterocycles. The molecule has 0 radical (unpaired) electrons. The van der Waals surface area contributed by atoms with Crippen molar-refractivity contribution in [2.45, 2.75) is 6.42 Å². The Hall–Kier alpha value is -3.32. The molecular formula is C22H26N4O3. The van der Waals surface area contributed by atoms with Gasteiger partial charge in [0.05, 0.1) is 25.6 Å². The SMILES string of the molecule is COCCCNc1nc(Nc2ccc(OC)cc2OC)cc(-c2ccccc2)n1. The summed E-state index contributed by atoms with van der Waals surface area (Å²) >= 11 is 0. The number of rotatable bonds is 10. The molecule has 0 aliphatic carbocycles. The average molecular weight is 394 g/mol. The lowest BCUT2D eigenvalue weighted by atomic mass is 10.1. The summed E-state index contributed by atoms with van der Waals surface area (Å²) in [6, 6.07) is 17.5. The van der Waals surface area contributed by atoms with Crippen LogP contribution in [0.5, 0.6) is 11.5 Å². The minimum absolute atomic E-state index is 0.553. The molecule has 0 unspecified atom stereocenters. The molecule has 0 saturated carbocycles. The molecule has 2 aromatic carbocycles. The monoisotopic (exact) mass is 394 g/mol. The van der Waals surface area contributed by atoms with Crippen LogP contribution < -0.4 is 20.1 Å². The molecule has 0 amide bonds. The zero-order valence-corrected chi connectivity index (χ0v) is 16.9. The molecule has 0 atom stereocenters. The van der Waals surface area contributed by atoms with Crippen LogP contribution in [-0.2, 0) is 4.74 Å². The van der Waals surface area contributed by atoms with Crippen molar-refractivity contribution < 1.29 is 14.2 Å². The van der Waals surface area contributed by atoms with Gasteiger partial charge in [-0.3, -0.25) is 0 Å². The Morgan fingerprint density at radius 1 is 0.897 bits per heavy atom. The van der Waals surface area contributed by atoms with Crippen molar-refractivity contribution in [3.63, 3.8) is 0 Å². The number of benzene rings is 2. The molecule has 0 spiro atoms. The van der Waals surface area contributed by atoms with E-state index in [-0.39, 0.29) is 0 Å². The highest BCUT2D eigenvalue weighted by Gasteiger charge is 2.10. The van der Waals surface area contributed by atoms with E-state index < -0.39 is 0 Å². The quantitative estimate of drug-likeness (QED) is 0.495. The molecule has 0 saturated heterocycles. The summed E-state index contributed by atoms with van der Waals surface area (Å²) in [5.41, 5.74) is 2.63. The predicted molar refractivity (Wildman–Crippen MR) is 115 cm³/mol. The normalized spacial score (nSPS) is 10.4. The second-order valence-corrected chi connectivity index (χ2v) is 6.29. The molecule has 7 nitrogen and oxygen atoms in total. The zero-order valence-electron chi connectivity index (χ0n) is 16.9. The number of aromatic nitrogens is 2. The molecule has 0 aliphatic rings. The first kappa shape index (κ1) is 20.4. The van der Waals surface area contributed by atoms with Crippen LogP contribution in [0.3, 0.4) is 0 Å². The highest BCUT2D eigenvalue weighted by molar-refractivity contribution is 5.70. The van der Waals surface area contributed by atoms with E-state index >= 15 is 0 Å². The molecule has 1 aromatic heterocycles. The van der Waals surface area contributed by atoms with Gasteiger partial charge in [-0.15, -0.1) is 0 Å². The van der Waals surface area contributed by atoms with Gasteiger partial charge >= 0.3 is 0 Å². The van der Waals surface area contributed by atoms with Gasteiger partial charge in [0.15, 0.2) is 0 Å². The number of methoxy groups -OCH3 is 3. The second-order valence-electron chi connectivity index (χ2n) is 6.29. The van der Waals surface area contributed by atoms with Crippen LogP contribution in [0.4, 0.5) is 17.5 Å².